The summed E-state index contributed by atoms with van der Waals surface area (Å²) in [6.07, 6.45) is 3.51. The number of carbonyl (C=O) groups excluding carboxylic acids is 1. The van der Waals surface area contributed by atoms with Crippen molar-refractivity contribution < 1.29 is 4.79 Å². The van der Waals surface area contributed by atoms with Crippen LogP contribution in [0.15, 0.2) is 29.6 Å². The van der Waals surface area contributed by atoms with E-state index in [1.54, 1.807) is 11.3 Å². The molecule has 1 aliphatic heterocycles. The predicted molar refractivity (Wildman–Crippen MR) is 107 cm³/mol. The monoisotopic (exact) mass is 371 g/mol. The molecule has 0 bridgehead atoms. The van der Waals surface area contributed by atoms with Crippen molar-refractivity contribution in [2.75, 3.05) is 26.2 Å². The number of amides is 1. The zero-order chi connectivity index (χ0) is 18.4. The molecule has 0 aliphatic carbocycles. The molecular weight excluding hydrogens is 342 g/mol. The molecule has 0 saturated carbocycles. The Morgan fingerprint density at radius 1 is 1.04 bits per heavy atom. The maximum absolute atomic E-state index is 12.5. The van der Waals surface area contributed by atoms with Gasteiger partial charge in [-0.15, -0.1) is 11.3 Å². The third-order valence-corrected chi connectivity index (χ3v) is 6.11. The number of hydrogen-bond acceptors (Lipinski definition) is 4. The number of carbonyl (C=O) groups is 1. The van der Waals surface area contributed by atoms with E-state index in [1.807, 2.05) is 4.90 Å². The molecule has 1 fully saturated rings. The fourth-order valence-corrected chi connectivity index (χ4v) is 4.06. The number of benzene rings is 1. The van der Waals surface area contributed by atoms with Crippen LogP contribution in [-0.4, -0.2) is 46.9 Å². The third-order valence-electron chi connectivity index (χ3n) is 5.07. The molecule has 2 heterocycles. The summed E-state index contributed by atoms with van der Waals surface area (Å²) >= 11 is 1.75. The lowest BCUT2D eigenvalue weighted by atomic mass is 10.1. The van der Waals surface area contributed by atoms with Crippen LogP contribution >= 0.6 is 11.3 Å². The molecule has 0 unspecified atom stereocenters. The largest absolute Gasteiger partial charge is 0.340 e. The summed E-state index contributed by atoms with van der Waals surface area (Å²) in [4.78, 5) is 21.6. The van der Waals surface area contributed by atoms with Gasteiger partial charge in [-0.2, -0.15) is 0 Å². The van der Waals surface area contributed by atoms with Crippen LogP contribution in [-0.2, 0) is 30.6 Å². The number of piperazine rings is 1. The molecule has 0 spiro atoms. The Balaban J connectivity index is 1.41. The Kier molecular flexibility index (Phi) is 6.80. The van der Waals surface area contributed by atoms with Crippen molar-refractivity contribution in [1.82, 2.24) is 14.8 Å². The zero-order valence-electron chi connectivity index (χ0n) is 15.9. The van der Waals surface area contributed by atoms with E-state index in [2.05, 4.69) is 53.4 Å². The van der Waals surface area contributed by atoms with Crippen LogP contribution in [0.5, 0.6) is 0 Å². The summed E-state index contributed by atoms with van der Waals surface area (Å²) in [7, 11) is 0. The van der Waals surface area contributed by atoms with Gasteiger partial charge in [0.1, 0.15) is 0 Å². The summed E-state index contributed by atoms with van der Waals surface area (Å²) in [5, 5.41) is 3.38. The minimum Gasteiger partial charge on any atom is -0.340 e. The van der Waals surface area contributed by atoms with E-state index in [-0.39, 0.29) is 5.91 Å². The number of rotatable bonds is 7. The predicted octanol–water partition coefficient (Wildman–Crippen LogP) is 3.54. The Morgan fingerprint density at radius 2 is 1.73 bits per heavy atom. The third kappa shape index (κ3) is 5.15. The molecule has 1 aromatic heterocycles. The molecule has 1 aromatic carbocycles. The lowest BCUT2D eigenvalue weighted by molar-refractivity contribution is -0.133. The Bertz CT molecular complexity index is 702. The molecule has 4 nitrogen and oxygen atoms in total. The minimum atomic E-state index is 0.283. The zero-order valence-corrected chi connectivity index (χ0v) is 16.7. The first kappa shape index (κ1) is 19.1. The van der Waals surface area contributed by atoms with Gasteiger partial charge in [0.15, 0.2) is 0 Å². The first-order chi connectivity index (χ1) is 12.7. The molecule has 1 amide bonds. The summed E-state index contributed by atoms with van der Waals surface area (Å²) in [5.41, 5.74) is 3.77. The summed E-state index contributed by atoms with van der Waals surface area (Å²) in [5.74, 6) is 0.283. The lowest BCUT2D eigenvalue weighted by Crippen LogP contribution is -2.48. The van der Waals surface area contributed by atoms with Crippen molar-refractivity contribution in [2.24, 2.45) is 0 Å². The number of aryl methyl sites for hydroxylation is 3. The molecule has 26 heavy (non-hydrogen) atoms. The van der Waals surface area contributed by atoms with Crippen LogP contribution < -0.4 is 0 Å². The summed E-state index contributed by atoms with van der Waals surface area (Å²) in [6.45, 7) is 8.76. The number of nitrogens with zero attached hydrogens (tertiary/aromatic N) is 3. The molecule has 140 valence electrons. The van der Waals surface area contributed by atoms with Gasteiger partial charge in [0.05, 0.1) is 10.7 Å². The van der Waals surface area contributed by atoms with Crippen LogP contribution in [0.2, 0.25) is 0 Å². The Labute approximate surface area is 160 Å². The van der Waals surface area contributed by atoms with Crippen molar-refractivity contribution in [3.8, 4) is 0 Å². The highest BCUT2D eigenvalue weighted by Gasteiger charge is 2.21. The van der Waals surface area contributed by atoms with Gasteiger partial charge in [-0.05, 0) is 30.4 Å². The fraction of sp³-hybridized carbons (Fsp3) is 0.524. The molecule has 5 heteroatoms. The van der Waals surface area contributed by atoms with E-state index >= 15 is 0 Å². The van der Waals surface area contributed by atoms with Gasteiger partial charge >= 0.3 is 0 Å². The lowest BCUT2D eigenvalue weighted by Gasteiger charge is -2.34. The van der Waals surface area contributed by atoms with Crippen LogP contribution in [0, 0.1) is 0 Å². The molecule has 1 aliphatic rings. The van der Waals surface area contributed by atoms with E-state index in [4.69, 9.17) is 0 Å². The second-order valence-electron chi connectivity index (χ2n) is 6.91. The van der Waals surface area contributed by atoms with Crippen molar-refractivity contribution in [1.29, 1.82) is 0 Å². The van der Waals surface area contributed by atoms with Crippen molar-refractivity contribution in [2.45, 2.75) is 46.1 Å². The van der Waals surface area contributed by atoms with E-state index < -0.39 is 0 Å². The SMILES string of the molecule is CCc1ccc(CCC(=O)N2CCN(Cc3csc(CC)n3)CC2)cc1. The Hall–Kier alpha value is -1.72. The highest BCUT2D eigenvalue weighted by Crippen LogP contribution is 2.14. The number of thiazole rings is 1. The van der Waals surface area contributed by atoms with E-state index in [0.29, 0.717) is 6.42 Å². The number of hydrogen-bond donors (Lipinski definition) is 0. The van der Waals surface area contributed by atoms with Gasteiger partial charge in [-0.1, -0.05) is 38.1 Å². The fourth-order valence-electron chi connectivity index (χ4n) is 3.32. The van der Waals surface area contributed by atoms with Crippen molar-refractivity contribution >= 4 is 17.2 Å². The smallest absolute Gasteiger partial charge is 0.222 e. The molecule has 1 saturated heterocycles. The average molecular weight is 372 g/mol. The quantitative estimate of drug-likeness (QED) is 0.747. The second kappa shape index (κ2) is 9.28. The normalized spacial score (nSPS) is 15.4. The molecule has 0 atom stereocenters. The second-order valence-corrected chi connectivity index (χ2v) is 7.86. The summed E-state index contributed by atoms with van der Waals surface area (Å²) < 4.78 is 0. The highest BCUT2D eigenvalue weighted by atomic mass is 32.1. The average Bonchev–Trinajstić information content (AvgIpc) is 3.14. The highest BCUT2D eigenvalue weighted by molar-refractivity contribution is 7.09. The van der Waals surface area contributed by atoms with E-state index in [0.717, 1.165) is 52.0 Å². The molecule has 3 rings (SSSR count). The van der Waals surface area contributed by atoms with Gasteiger partial charge in [-0.25, -0.2) is 4.98 Å². The minimum absolute atomic E-state index is 0.283. The molecule has 0 N–H and O–H groups in total. The first-order valence-electron chi connectivity index (χ1n) is 9.69. The topological polar surface area (TPSA) is 36.4 Å². The molecule has 2 aromatic rings. The number of aromatic nitrogens is 1. The van der Waals surface area contributed by atoms with Gasteiger partial charge in [-0.3, -0.25) is 9.69 Å². The van der Waals surface area contributed by atoms with Crippen LogP contribution in [0.25, 0.3) is 0 Å². The maximum atomic E-state index is 12.5. The van der Waals surface area contributed by atoms with Gasteiger partial charge in [0.25, 0.3) is 0 Å². The van der Waals surface area contributed by atoms with Crippen LogP contribution in [0.1, 0.15) is 42.1 Å². The van der Waals surface area contributed by atoms with Gasteiger partial charge < -0.3 is 4.90 Å². The van der Waals surface area contributed by atoms with Crippen molar-refractivity contribution in [3.05, 3.63) is 51.5 Å². The van der Waals surface area contributed by atoms with E-state index in [9.17, 15) is 4.79 Å². The first-order valence-corrected chi connectivity index (χ1v) is 10.6. The molecule has 0 radical (unpaired) electrons. The Morgan fingerprint density at radius 3 is 2.35 bits per heavy atom. The van der Waals surface area contributed by atoms with Gasteiger partial charge in [0, 0.05) is 44.5 Å². The van der Waals surface area contributed by atoms with Crippen molar-refractivity contribution in [3.63, 3.8) is 0 Å². The molecular formula is C21H29N3OS. The van der Waals surface area contributed by atoms with E-state index in [1.165, 1.54) is 21.8 Å². The maximum Gasteiger partial charge on any atom is 0.222 e. The van der Waals surface area contributed by atoms with Crippen LogP contribution in [0.3, 0.4) is 0 Å². The summed E-state index contributed by atoms with van der Waals surface area (Å²) in [6, 6.07) is 8.65. The standard InChI is InChI=1S/C21H29N3OS/c1-3-17-5-7-18(8-6-17)9-10-21(25)24-13-11-23(12-14-24)15-19-16-26-20(4-2)22-19/h5-8,16H,3-4,9-15H2,1-2H3. The van der Waals surface area contributed by atoms with Gasteiger partial charge in [0.2, 0.25) is 5.91 Å². The van der Waals surface area contributed by atoms with Crippen LogP contribution in [0.4, 0.5) is 0 Å².